The monoisotopic (exact) mass is 172 g/mol. The second-order valence-corrected chi connectivity index (χ2v) is 3.97. The fourth-order valence-electron chi connectivity index (χ4n) is 1.01. The van der Waals surface area contributed by atoms with E-state index in [0.717, 1.165) is 0 Å². The van der Waals surface area contributed by atoms with Crippen LogP contribution in [-0.4, -0.2) is 30.7 Å². The van der Waals surface area contributed by atoms with Crippen molar-refractivity contribution in [3.05, 3.63) is 0 Å². The highest BCUT2D eigenvalue weighted by molar-refractivity contribution is 5.77. The van der Waals surface area contributed by atoms with Gasteiger partial charge in [0.2, 0.25) is 5.91 Å². The van der Waals surface area contributed by atoms with Crippen LogP contribution in [0.15, 0.2) is 0 Å². The van der Waals surface area contributed by atoms with Crippen molar-refractivity contribution in [3.63, 3.8) is 0 Å². The highest BCUT2D eigenvalue weighted by atomic mass is 16.5. The van der Waals surface area contributed by atoms with Crippen molar-refractivity contribution in [2.75, 3.05) is 13.2 Å². The van der Waals surface area contributed by atoms with Crippen molar-refractivity contribution in [2.45, 2.75) is 31.8 Å². The fraction of sp³-hybridized carbons (Fsp3) is 0.875. The Kier molecular flexibility index (Phi) is 2.69. The van der Waals surface area contributed by atoms with Crippen molar-refractivity contribution in [2.24, 2.45) is 5.73 Å². The summed E-state index contributed by atoms with van der Waals surface area (Å²) in [6.45, 7) is 4.95. The van der Waals surface area contributed by atoms with Crippen LogP contribution in [0.2, 0.25) is 0 Å². The molecule has 1 amide bonds. The summed E-state index contributed by atoms with van der Waals surface area (Å²) >= 11 is 0. The molecule has 0 atom stereocenters. The summed E-state index contributed by atoms with van der Waals surface area (Å²) in [6.07, 6.45) is 0.365. The molecule has 1 fully saturated rings. The van der Waals surface area contributed by atoms with Gasteiger partial charge in [0.15, 0.2) is 0 Å². The van der Waals surface area contributed by atoms with E-state index in [0.29, 0.717) is 19.6 Å². The van der Waals surface area contributed by atoms with Crippen LogP contribution in [0.3, 0.4) is 0 Å². The van der Waals surface area contributed by atoms with E-state index in [1.807, 2.05) is 13.8 Å². The largest absolute Gasteiger partial charge is 0.377 e. The van der Waals surface area contributed by atoms with Gasteiger partial charge >= 0.3 is 0 Å². The maximum atomic E-state index is 11.2. The zero-order valence-corrected chi connectivity index (χ0v) is 7.59. The smallest absolute Gasteiger partial charge is 0.222 e. The summed E-state index contributed by atoms with van der Waals surface area (Å²) < 4.78 is 4.92. The number of ether oxygens (including phenoxy) is 1. The van der Waals surface area contributed by atoms with Crippen molar-refractivity contribution in [1.82, 2.24) is 5.32 Å². The number of nitrogens with two attached hydrogens (primary N) is 1. The lowest BCUT2D eigenvalue weighted by atomic mass is 10.0. The van der Waals surface area contributed by atoms with Crippen molar-refractivity contribution < 1.29 is 9.53 Å². The average Bonchev–Trinajstić information content (AvgIpc) is 1.74. The van der Waals surface area contributed by atoms with E-state index in [1.54, 1.807) is 0 Å². The summed E-state index contributed by atoms with van der Waals surface area (Å²) in [7, 11) is 0. The number of hydrogen-bond acceptors (Lipinski definition) is 3. The third kappa shape index (κ3) is 3.19. The first-order valence-electron chi connectivity index (χ1n) is 4.13. The Bertz CT molecular complexity index is 170. The van der Waals surface area contributed by atoms with Gasteiger partial charge in [0.1, 0.15) is 0 Å². The van der Waals surface area contributed by atoms with Crippen LogP contribution in [0.4, 0.5) is 0 Å². The SMILES string of the molecule is CC(C)(N)CC(=O)NC1COC1. The van der Waals surface area contributed by atoms with E-state index in [-0.39, 0.29) is 11.9 Å². The van der Waals surface area contributed by atoms with Crippen LogP contribution in [-0.2, 0) is 9.53 Å². The summed E-state index contributed by atoms with van der Waals surface area (Å²) in [5.41, 5.74) is 5.26. The van der Waals surface area contributed by atoms with Crippen LogP contribution in [0.25, 0.3) is 0 Å². The van der Waals surface area contributed by atoms with Gasteiger partial charge in [-0.1, -0.05) is 0 Å². The average molecular weight is 172 g/mol. The topological polar surface area (TPSA) is 64.4 Å². The van der Waals surface area contributed by atoms with E-state index in [9.17, 15) is 4.79 Å². The Labute approximate surface area is 72.5 Å². The molecule has 1 rings (SSSR count). The summed E-state index contributed by atoms with van der Waals surface area (Å²) in [4.78, 5) is 11.2. The molecule has 1 heterocycles. The Balaban J connectivity index is 2.19. The minimum absolute atomic E-state index is 0.0100. The first kappa shape index (κ1) is 9.48. The standard InChI is InChI=1S/C8H16N2O2/c1-8(2,9)3-7(11)10-6-4-12-5-6/h6H,3-5,9H2,1-2H3,(H,10,11). The predicted octanol–water partition coefficient (Wildman–Crippen LogP) is -0.371. The molecule has 0 spiro atoms. The molecule has 4 nitrogen and oxygen atoms in total. The third-order valence-electron chi connectivity index (χ3n) is 1.62. The second-order valence-electron chi connectivity index (χ2n) is 3.97. The van der Waals surface area contributed by atoms with Gasteiger partial charge in [0.05, 0.1) is 19.3 Å². The number of carbonyl (C=O) groups is 1. The molecule has 0 unspecified atom stereocenters. The minimum Gasteiger partial charge on any atom is -0.377 e. The van der Waals surface area contributed by atoms with Gasteiger partial charge in [-0.05, 0) is 13.8 Å². The second kappa shape index (κ2) is 3.41. The molecule has 4 heteroatoms. The van der Waals surface area contributed by atoms with Crippen LogP contribution >= 0.6 is 0 Å². The van der Waals surface area contributed by atoms with Gasteiger partial charge < -0.3 is 15.8 Å². The minimum atomic E-state index is -0.422. The molecule has 3 N–H and O–H groups in total. The van der Waals surface area contributed by atoms with Crippen molar-refractivity contribution in [3.8, 4) is 0 Å². The lowest BCUT2D eigenvalue weighted by molar-refractivity contribution is -0.126. The molecule has 0 saturated carbocycles. The molecule has 0 aromatic heterocycles. The van der Waals surface area contributed by atoms with Gasteiger partial charge in [0, 0.05) is 12.0 Å². The maximum absolute atomic E-state index is 11.2. The summed E-state index contributed by atoms with van der Waals surface area (Å²) in [5, 5.41) is 2.83. The molecular weight excluding hydrogens is 156 g/mol. The van der Waals surface area contributed by atoms with Gasteiger partial charge in [-0.15, -0.1) is 0 Å². The van der Waals surface area contributed by atoms with E-state index >= 15 is 0 Å². The number of rotatable bonds is 3. The Morgan fingerprint density at radius 3 is 2.58 bits per heavy atom. The zero-order valence-electron chi connectivity index (χ0n) is 7.59. The van der Waals surface area contributed by atoms with Crippen molar-refractivity contribution in [1.29, 1.82) is 0 Å². The highest BCUT2D eigenvalue weighted by Gasteiger charge is 2.23. The van der Waals surface area contributed by atoms with E-state index in [4.69, 9.17) is 10.5 Å². The number of nitrogens with one attached hydrogen (secondary N) is 1. The van der Waals surface area contributed by atoms with Gasteiger partial charge in [0.25, 0.3) is 0 Å². The molecule has 1 saturated heterocycles. The van der Waals surface area contributed by atoms with E-state index < -0.39 is 5.54 Å². The Morgan fingerprint density at radius 2 is 2.25 bits per heavy atom. The fourth-order valence-corrected chi connectivity index (χ4v) is 1.01. The first-order valence-corrected chi connectivity index (χ1v) is 4.13. The van der Waals surface area contributed by atoms with Gasteiger partial charge in [-0.3, -0.25) is 4.79 Å². The molecule has 0 aromatic carbocycles. The van der Waals surface area contributed by atoms with Gasteiger partial charge in [-0.25, -0.2) is 0 Å². The quantitative estimate of drug-likeness (QED) is 0.610. The molecule has 0 radical (unpaired) electrons. The molecule has 70 valence electrons. The van der Waals surface area contributed by atoms with Crippen LogP contribution < -0.4 is 11.1 Å². The molecule has 12 heavy (non-hydrogen) atoms. The molecule has 0 aliphatic carbocycles. The van der Waals surface area contributed by atoms with Gasteiger partial charge in [-0.2, -0.15) is 0 Å². The number of amides is 1. The predicted molar refractivity (Wildman–Crippen MR) is 45.6 cm³/mol. The van der Waals surface area contributed by atoms with Crippen LogP contribution in [0.5, 0.6) is 0 Å². The summed E-state index contributed by atoms with van der Waals surface area (Å²) in [5.74, 6) is 0.0100. The summed E-state index contributed by atoms with van der Waals surface area (Å²) in [6, 6.07) is 0.208. The van der Waals surface area contributed by atoms with Crippen LogP contribution in [0.1, 0.15) is 20.3 Å². The number of hydrogen-bond donors (Lipinski definition) is 2. The maximum Gasteiger partial charge on any atom is 0.222 e. The molecule has 0 bridgehead atoms. The third-order valence-corrected chi connectivity index (χ3v) is 1.62. The molecule has 0 aromatic rings. The number of carbonyl (C=O) groups excluding carboxylic acids is 1. The normalized spacial score (nSPS) is 18.6. The molecular formula is C8H16N2O2. The highest BCUT2D eigenvalue weighted by Crippen LogP contribution is 2.05. The van der Waals surface area contributed by atoms with E-state index in [2.05, 4.69) is 5.32 Å². The van der Waals surface area contributed by atoms with Crippen molar-refractivity contribution >= 4 is 5.91 Å². The lowest BCUT2D eigenvalue weighted by Crippen LogP contribution is -2.50. The Hall–Kier alpha value is -0.610. The Morgan fingerprint density at radius 1 is 1.67 bits per heavy atom. The van der Waals surface area contributed by atoms with Crippen LogP contribution in [0, 0.1) is 0 Å². The molecule has 1 aliphatic rings. The lowest BCUT2D eigenvalue weighted by Gasteiger charge is -2.28. The zero-order chi connectivity index (χ0) is 9.19. The first-order chi connectivity index (χ1) is 5.47. The molecule has 1 aliphatic heterocycles. The van der Waals surface area contributed by atoms with E-state index in [1.165, 1.54) is 0 Å².